The summed E-state index contributed by atoms with van der Waals surface area (Å²) in [6.07, 6.45) is 39.7. The first-order valence-electron chi connectivity index (χ1n) is 16.3. The minimum absolute atomic E-state index is 0.258. The van der Waals surface area contributed by atoms with E-state index in [2.05, 4.69) is 0 Å². The molecular formula is C32H65NO3. The molecule has 0 aliphatic carbocycles. The molecule has 0 aromatic carbocycles. The van der Waals surface area contributed by atoms with E-state index in [4.69, 9.17) is 10.3 Å². The van der Waals surface area contributed by atoms with Gasteiger partial charge in [0.05, 0.1) is 0 Å². The van der Waals surface area contributed by atoms with E-state index >= 15 is 0 Å². The summed E-state index contributed by atoms with van der Waals surface area (Å²) >= 11 is 0. The van der Waals surface area contributed by atoms with Crippen molar-refractivity contribution in [3.05, 3.63) is 0 Å². The molecule has 0 heterocycles. The van der Waals surface area contributed by atoms with E-state index in [9.17, 15) is 4.79 Å². The van der Waals surface area contributed by atoms with E-state index < -0.39 is 0 Å². The molecule has 0 aliphatic heterocycles. The zero-order chi connectivity index (χ0) is 26.2. The number of unbranched alkanes of at least 4 members (excludes halogenated alkanes) is 28. The Kier molecular flexibility index (Phi) is 31.9. The van der Waals surface area contributed by atoms with Crippen molar-refractivity contribution in [3.8, 4) is 0 Å². The molecular weight excluding hydrogens is 446 g/mol. The molecule has 0 fully saturated rings. The Morgan fingerprint density at radius 2 is 0.556 bits per heavy atom. The Labute approximate surface area is 225 Å². The summed E-state index contributed by atoms with van der Waals surface area (Å²) in [5, 5.41) is 17.2. The minimum Gasteiger partial charge on any atom is -0.396 e. The van der Waals surface area contributed by atoms with Gasteiger partial charge in [0.15, 0.2) is 0 Å². The van der Waals surface area contributed by atoms with Gasteiger partial charge in [0.1, 0.15) is 0 Å². The highest BCUT2D eigenvalue weighted by molar-refractivity contribution is 5.74. The fourth-order valence-electron chi connectivity index (χ4n) is 5.23. The molecule has 0 aromatic heterocycles. The van der Waals surface area contributed by atoms with Crippen molar-refractivity contribution in [1.82, 2.24) is 5.48 Å². The second-order valence-corrected chi connectivity index (χ2v) is 11.3. The molecule has 0 aromatic rings. The van der Waals surface area contributed by atoms with Crippen molar-refractivity contribution in [2.75, 3.05) is 6.61 Å². The normalized spacial score (nSPS) is 11.3. The van der Waals surface area contributed by atoms with Gasteiger partial charge in [-0.15, -0.1) is 0 Å². The van der Waals surface area contributed by atoms with E-state index in [0.717, 1.165) is 19.3 Å². The maximum Gasteiger partial charge on any atom is 0.243 e. The van der Waals surface area contributed by atoms with E-state index in [1.54, 1.807) is 5.48 Å². The number of hydrogen-bond donors (Lipinski definition) is 3. The lowest BCUT2D eigenvalue weighted by Crippen LogP contribution is -2.17. The molecule has 0 unspecified atom stereocenters. The second-order valence-electron chi connectivity index (χ2n) is 11.3. The lowest BCUT2D eigenvalue weighted by molar-refractivity contribution is -0.129. The summed E-state index contributed by atoms with van der Waals surface area (Å²) in [5.41, 5.74) is 1.70. The molecule has 36 heavy (non-hydrogen) atoms. The van der Waals surface area contributed by atoms with Crippen LogP contribution in [-0.2, 0) is 4.79 Å². The molecule has 0 bridgehead atoms. The summed E-state index contributed by atoms with van der Waals surface area (Å²) in [6.45, 7) is 0.365. The van der Waals surface area contributed by atoms with Crippen LogP contribution in [0.3, 0.4) is 0 Å². The van der Waals surface area contributed by atoms with Crippen LogP contribution >= 0.6 is 0 Å². The van der Waals surface area contributed by atoms with Crippen molar-refractivity contribution in [1.29, 1.82) is 0 Å². The lowest BCUT2D eigenvalue weighted by atomic mass is 10.0. The van der Waals surface area contributed by atoms with E-state index in [0.29, 0.717) is 13.0 Å². The average Bonchev–Trinajstić information content (AvgIpc) is 2.89. The Bertz CT molecular complexity index is 416. The van der Waals surface area contributed by atoms with Gasteiger partial charge in [-0.25, -0.2) is 5.48 Å². The quantitative estimate of drug-likeness (QED) is 0.0492. The van der Waals surface area contributed by atoms with Crippen molar-refractivity contribution >= 4 is 5.91 Å². The monoisotopic (exact) mass is 511 g/mol. The molecule has 0 saturated heterocycles. The van der Waals surface area contributed by atoms with E-state index in [1.165, 1.54) is 167 Å². The minimum atomic E-state index is -0.258. The number of aliphatic hydroxyl groups excluding tert-OH is 1. The van der Waals surface area contributed by atoms with Crippen LogP contribution in [0.1, 0.15) is 193 Å². The van der Waals surface area contributed by atoms with Crippen molar-refractivity contribution in [3.63, 3.8) is 0 Å². The van der Waals surface area contributed by atoms with Crippen LogP contribution in [0.2, 0.25) is 0 Å². The van der Waals surface area contributed by atoms with Gasteiger partial charge in [-0.2, -0.15) is 0 Å². The van der Waals surface area contributed by atoms with Gasteiger partial charge in [-0.1, -0.05) is 173 Å². The predicted octanol–water partition coefficient (Wildman–Crippen LogP) is 10.2. The Balaban J connectivity index is 3.03. The van der Waals surface area contributed by atoms with Crippen molar-refractivity contribution in [2.45, 2.75) is 193 Å². The van der Waals surface area contributed by atoms with Gasteiger partial charge in [0, 0.05) is 13.0 Å². The third kappa shape index (κ3) is 31.4. The van der Waals surface area contributed by atoms with Gasteiger partial charge in [0.2, 0.25) is 5.91 Å². The smallest absolute Gasteiger partial charge is 0.243 e. The first-order chi connectivity index (χ1) is 17.8. The number of hydroxylamine groups is 1. The first kappa shape index (κ1) is 35.4. The second kappa shape index (κ2) is 32.4. The molecule has 216 valence electrons. The lowest BCUT2D eigenvalue weighted by Gasteiger charge is -2.04. The molecule has 0 rings (SSSR count). The van der Waals surface area contributed by atoms with E-state index in [1.807, 2.05) is 0 Å². The van der Waals surface area contributed by atoms with Gasteiger partial charge >= 0.3 is 0 Å². The number of aliphatic hydroxyl groups is 1. The maximum atomic E-state index is 10.9. The number of carbonyl (C=O) groups excluding carboxylic acids is 1. The summed E-state index contributed by atoms with van der Waals surface area (Å²) in [5.74, 6) is -0.258. The molecule has 4 heteroatoms. The zero-order valence-corrected chi connectivity index (χ0v) is 24.2. The van der Waals surface area contributed by atoms with E-state index in [-0.39, 0.29) is 5.91 Å². The highest BCUT2D eigenvalue weighted by Crippen LogP contribution is 2.16. The molecule has 0 atom stereocenters. The predicted molar refractivity (Wildman–Crippen MR) is 156 cm³/mol. The number of nitrogens with one attached hydrogen (secondary N) is 1. The summed E-state index contributed by atoms with van der Waals surface area (Å²) in [7, 11) is 0. The molecule has 0 spiro atoms. The Morgan fingerprint density at radius 1 is 0.361 bits per heavy atom. The van der Waals surface area contributed by atoms with Crippen molar-refractivity contribution < 1.29 is 15.1 Å². The van der Waals surface area contributed by atoms with Crippen LogP contribution in [0.5, 0.6) is 0 Å². The summed E-state index contributed by atoms with van der Waals surface area (Å²) < 4.78 is 0. The molecule has 0 aliphatic rings. The maximum absolute atomic E-state index is 10.9. The van der Waals surface area contributed by atoms with Gasteiger partial charge in [-0.05, 0) is 12.8 Å². The van der Waals surface area contributed by atoms with Crippen molar-refractivity contribution in [2.24, 2.45) is 0 Å². The van der Waals surface area contributed by atoms with Gasteiger partial charge in [-0.3, -0.25) is 10.0 Å². The number of rotatable bonds is 31. The van der Waals surface area contributed by atoms with Gasteiger partial charge in [0.25, 0.3) is 0 Å². The van der Waals surface area contributed by atoms with Crippen LogP contribution in [-0.4, -0.2) is 22.8 Å². The third-order valence-electron chi connectivity index (χ3n) is 7.69. The van der Waals surface area contributed by atoms with Crippen LogP contribution in [0.25, 0.3) is 0 Å². The zero-order valence-electron chi connectivity index (χ0n) is 24.2. The van der Waals surface area contributed by atoms with Gasteiger partial charge < -0.3 is 5.11 Å². The molecule has 4 nitrogen and oxygen atoms in total. The number of amides is 1. The number of carbonyl (C=O) groups is 1. The Morgan fingerprint density at radius 3 is 0.750 bits per heavy atom. The summed E-state index contributed by atoms with van der Waals surface area (Å²) in [4.78, 5) is 10.9. The average molecular weight is 512 g/mol. The van der Waals surface area contributed by atoms with Crippen LogP contribution < -0.4 is 5.48 Å². The standard InChI is InChI=1S/C32H65NO3/c34-31-29-27-25-23-21-19-17-15-13-11-9-7-5-3-1-2-4-6-8-10-12-14-16-18-20-22-24-26-28-30-32(35)33-36/h34,36H,1-31H2,(H,33,35). The fourth-order valence-corrected chi connectivity index (χ4v) is 5.23. The molecule has 0 saturated carbocycles. The molecule has 0 radical (unpaired) electrons. The first-order valence-corrected chi connectivity index (χ1v) is 16.3. The summed E-state index contributed by atoms with van der Waals surface area (Å²) in [6, 6.07) is 0. The number of hydrogen-bond acceptors (Lipinski definition) is 3. The van der Waals surface area contributed by atoms with Crippen LogP contribution in [0.15, 0.2) is 0 Å². The molecule has 3 N–H and O–H groups in total. The fraction of sp³-hybridized carbons (Fsp3) is 0.969. The topological polar surface area (TPSA) is 69.6 Å². The molecule has 1 amide bonds. The SMILES string of the molecule is O=C(CCCCCCCCCCCCCCCCCCCCCCCCCCCCCCCO)NO. The third-order valence-corrected chi connectivity index (χ3v) is 7.69. The highest BCUT2D eigenvalue weighted by atomic mass is 16.5. The van der Waals surface area contributed by atoms with Crippen LogP contribution in [0.4, 0.5) is 0 Å². The largest absolute Gasteiger partial charge is 0.396 e. The Hall–Kier alpha value is -0.610. The van der Waals surface area contributed by atoms with Crippen LogP contribution in [0, 0.1) is 0 Å². The highest BCUT2D eigenvalue weighted by Gasteiger charge is 1.99.